The normalized spacial score (nSPS) is 23.1. The summed E-state index contributed by atoms with van der Waals surface area (Å²) in [5.74, 6) is -4.02. The first-order valence-electron chi connectivity index (χ1n) is 10.8. The maximum Gasteiger partial charge on any atom is 0.411 e. The van der Waals surface area contributed by atoms with E-state index in [9.17, 15) is 27.7 Å². The Balaban J connectivity index is 1.80. The topological polar surface area (TPSA) is 173 Å². The summed E-state index contributed by atoms with van der Waals surface area (Å²) in [7, 11) is -3.68. The number of pyridine rings is 2. The number of carboxylic acid groups (broad SMARTS) is 1. The van der Waals surface area contributed by atoms with Gasteiger partial charge in [0.25, 0.3) is 12.3 Å². The number of rotatable bonds is 4. The van der Waals surface area contributed by atoms with Gasteiger partial charge in [-0.25, -0.2) is 41.5 Å². The molecule has 12 nitrogen and oxygen atoms in total. The third-order valence-electron chi connectivity index (χ3n) is 5.56. The molecule has 0 radical (unpaired) electrons. The van der Waals surface area contributed by atoms with Crippen molar-refractivity contribution in [3.63, 3.8) is 0 Å². The van der Waals surface area contributed by atoms with E-state index in [1.54, 1.807) is 0 Å². The van der Waals surface area contributed by atoms with Gasteiger partial charge in [0, 0.05) is 12.7 Å². The van der Waals surface area contributed by atoms with Crippen molar-refractivity contribution in [2.24, 2.45) is 9.36 Å². The van der Waals surface area contributed by atoms with Crippen molar-refractivity contribution >= 4 is 33.7 Å². The molecule has 2 aliphatic heterocycles. The molecule has 0 fully saturated rings. The molecule has 0 spiro atoms. The largest absolute Gasteiger partial charge is 0.465 e. The van der Waals surface area contributed by atoms with Crippen LogP contribution in [0.25, 0.3) is 0 Å². The number of carbonyl (C=O) groups excluding carboxylic acids is 1. The lowest BCUT2D eigenvalue weighted by Crippen LogP contribution is -2.57. The monoisotopic (exact) mass is 536 g/mol. The number of nitrogens with one attached hydrogen (secondary N) is 2. The lowest BCUT2D eigenvalue weighted by molar-refractivity contribution is 0.0589. The van der Waals surface area contributed by atoms with Crippen LogP contribution in [0.2, 0.25) is 0 Å². The summed E-state index contributed by atoms with van der Waals surface area (Å²) in [6.45, 7) is 0.100. The number of fused-ring (bicyclic) bond motifs is 1. The quantitative estimate of drug-likeness (QED) is 0.538. The van der Waals surface area contributed by atoms with Gasteiger partial charge in [-0.2, -0.15) is 5.26 Å². The zero-order valence-corrected chi connectivity index (χ0v) is 19.7. The summed E-state index contributed by atoms with van der Waals surface area (Å²) in [6.07, 6.45) is -3.06. The zero-order valence-electron chi connectivity index (χ0n) is 18.9. The summed E-state index contributed by atoms with van der Waals surface area (Å²) in [5.41, 5.74) is -3.75. The number of aliphatic imine (C=N–C) groups is 1. The second-order valence-electron chi connectivity index (χ2n) is 8.03. The Morgan fingerprint density at radius 1 is 1.22 bits per heavy atom. The van der Waals surface area contributed by atoms with Gasteiger partial charge in [0.05, 0.1) is 17.9 Å². The van der Waals surface area contributed by atoms with E-state index in [1.807, 2.05) is 11.4 Å². The molecule has 0 aromatic carbocycles. The molecule has 0 saturated heterocycles. The van der Waals surface area contributed by atoms with E-state index in [4.69, 9.17) is 5.26 Å². The van der Waals surface area contributed by atoms with Crippen LogP contribution in [0.4, 0.5) is 23.8 Å². The summed E-state index contributed by atoms with van der Waals surface area (Å²) in [4.78, 5) is 35.5. The molecule has 3 N–H and O–H groups in total. The van der Waals surface area contributed by atoms with E-state index in [0.29, 0.717) is 12.8 Å². The van der Waals surface area contributed by atoms with E-state index in [-0.39, 0.29) is 30.2 Å². The van der Waals surface area contributed by atoms with Crippen LogP contribution in [-0.4, -0.2) is 66.8 Å². The highest BCUT2D eigenvalue weighted by Crippen LogP contribution is 2.40. The van der Waals surface area contributed by atoms with E-state index in [2.05, 4.69) is 24.6 Å². The number of hydrogen-bond acceptors (Lipinski definition) is 8. The first-order chi connectivity index (χ1) is 17.6. The van der Waals surface area contributed by atoms with Gasteiger partial charge in [0.15, 0.2) is 5.54 Å². The van der Waals surface area contributed by atoms with Gasteiger partial charge in [-0.3, -0.25) is 14.4 Å². The molecule has 0 bridgehead atoms. The van der Waals surface area contributed by atoms with Gasteiger partial charge in [-0.1, -0.05) is 0 Å². The average Bonchev–Trinajstić information content (AvgIpc) is 3.05. The summed E-state index contributed by atoms with van der Waals surface area (Å²) in [5, 5.41) is 22.3. The second-order valence-corrected chi connectivity index (χ2v) is 10.2. The van der Waals surface area contributed by atoms with Crippen molar-refractivity contribution in [3.05, 3.63) is 53.2 Å². The first-order valence-corrected chi connectivity index (χ1v) is 12.4. The van der Waals surface area contributed by atoms with Gasteiger partial charge >= 0.3 is 6.09 Å². The van der Waals surface area contributed by atoms with Crippen molar-refractivity contribution in [1.82, 2.24) is 19.6 Å². The van der Waals surface area contributed by atoms with Gasteiger partial charge in [-0.15, -0.1) is 0 Å². The molecule has 1 unspecified atom stereocenters. The zero-order chi connectivity index (χ0) is 26.8. The smallest absolute Gasteiger partial charge is 0.411 e. The van der Waals surface area contributed by atoms with Crippen LogP contribution < -0.4 is 10.6 Å². The average molecular weight is 536 g/mol. The number of halogens is 3. The molecule has 194 valence electrons. The van der Waals surface area contributed by atoms with Crippen LogP contribution in [0.15, 0.2) is 39.8 Å². The molecule has 0 aliphatic carbocycles. The van der Waals surface area contributed by atoms with Gasteiger partial charge in [0.1, 0.15) is 39.0 Å². The highest BCUT2D eigenvalue weighted by Gasteiger charge is 2.53. The summed E-state index contributed by atoms with van der Waals surface area (Å²) >= 11 is 0. The third kappa shape index (κ3) is 5.03. The van der Waals surface area contributed by atoms with E-state index in [1.165, 1.54) is 12.1 Å². The fourth-order valence-electron chi connectivity index (χ4n) is 3.83. The number of guanidine groups is 1. The Kier molecular flexibility index (Phi) is 6.99. The molecule has 0 saturated carbocycles. The number of hydrogen-bond donors (Lipinski definition) is 3. The fraction of sp³-hybridized carbons (Fsp3) is 0.333. The number of nitrogens with zero attached hydrogens (tertiary/aromatic N) is 6. The van der Waals surface area contributed by atoms with Crippen LogP contribution in [0.1, 0.15) is 34.6 Å². The Bertz CT molecular complexity index is 1440. The lowest BCUT2D eigenvalue weighted by Gasteiger charge is -2.40. The number of anilines is 1. The number of carbonyl (C=O) groups is 2. The highest BCUT2D eigenvalue weighted by molar-refractivity contribution is 7.92. The van der Waals surface area contributed by atoms with Crippen LogP contribution in [0, 0.1) is 17.1 Å². The van der Waals surface area contributed by atoms with E-state index < -0.39 is 57.1 Å². The fourth-order valence-corrected chi connectivity index (χ4v) is 6.30. The Morgan fingerprint density at radius 2 is 2.00 bits per heavy atom. The molecule has 2 aromatic heterocycles. The lowest BCUT2D eigenvalue weighted by atomic mass is 9.97. The Morgan fingerprint density at radius 3 is 2.65 bits per heavy atom. The maximum absolute atomic E-state index is 15.0. The SMILES string of the molecule is N#Cc1ccc(C(=O)Nc2ccc(F)c([C@]3(C(F)F)CS4(=O)=NCCCCN4C(NC(=O)O)=N3)n2)nc1. The molecule has 4 heterocycles. The van der Waals surface area contributed by atoms with Crippen molar-refractivity contribution in [3.8, 4) is 6.07 Å². The molecule has 37 heavy (non-hydrogen) atoms. The van der Waals surface area contributed by atoms with Crippen LogP contribution >= 0.6 is 0 Å². The predicted octanol–water partition coefficient (Wildman–Crippen LogP) is 2.32. The van der Waals surface area contributed by atoms with Crippen LogP contribution in [-0.2, 0) is 15.5 Å². The van der Waals surface area contributed by atoms with Crippen molar-refractivity contribution in [1.29, 1.82) is 5.26 Å². The van der Waals surface area contributed by atoms with Crippen LogP contribution in [0.5, 0.6) is 0 Å². The number of alkyl halides is 2. The van der Waals surface area contributed by atoms with Gasteiger partial charge in [-0.05, 0) is 37.1 Å². The Hall–Kier alpha value is -4.26. The Labute approximate surface area is 208 Å². The van der Waals surface area contributed by atoms with Crippen molar-refractivity contribution in [2.45, 2.75) is 24.8 Å². The minimum absolute atomic E-state index is 0.0321. The molecule has 16 heteroatoms. The minimum atomic E-state index is -3.68. The molecule has 2 atom stereocenters. The molecule has 2 aromatic rings. The van der Waals surface area contributed by atoms with E-state index in [0.717, 1.165) is 22.6 Å². The highest BCUT2D eigenvalue weighted by atomic mass is 32.2. The summed E-state index contributed by atoms with van der Waals surface area (Å²) < 4.78 is 63.3. The van der Waals surface area contributed by atoms with Crippen molar-refractivity contribution < 1.29 is 32.1 Å². The van der Waals surface area contributed by atoms with Gasteiger partial charge < -0.3 is 10.4 Å². The molecule has 2 aliphatic rings. The molecular formula is C21H19F3N8O4S. The molecule has 2 amide bonds. The minimum Gasteiger partial charge on any atom is -0.465 e. The van der Waals surface area contributed by atoms with Crippen molar-refractivity contribution in [2.75, 3.05) is 24.2 Å². The molecule has 4 rings (SSSR count). The van der Waals surface area contributed by atoms with Crippen LogP contribution in [0.3, 0.4) is 0 Å². The third-order valence-corrected chi connectivity index (χ3v) is 8.01. The second kappa shape index (κ2) is 10.0. The number of amides is 2. The van der Waals surface area contributed by atoms with E-state index >= 15 is 4.39 Å². The standard InChI is InChI=1S/C21H19F3N8O4S/c22-13-4-6-15(29-17(33)14-5-3-12(9-25)10-26-14)28-16(13)21(18(23)24)11-37(36)27-7-1-2-8-32(37)19(31-21)30-20(34)35/h3-6,10,18H,1-2,7-8,11H2,(H,30,31)(H,34,35)(H,28,29,33)/t21-,37?/m0/s1. The summed E-state index contributed by atoms with van der Waals surface area (Å²) in [6, 6.07) is 6.22. The number of aromatic nitrogens is 2. The first kappa shape index (κ1) is 25.8. The molecular weight excluding hydrogens is 517 g/mol. The number of nitriles is 1. The maximum atomic E-state index is 15.0. The predicted molar refractivity (Wildman–Crippen MR) is 124 cm³/mol. The van der Waals surface area contributed by atoms with Gasteiger partial charge in [0.2, 0.25) is 5.96 Å².